The molecule has 5 heteroatoms. The van der Waals surface area contributed by atoms with Gasteiger partial charge in [0, 0.05) is 24.8 Å². The first-order valence-corrected chi connectivity index (χ1v) is 8.04. The van der Waals surface area contributed by atoms with E-state index in [9.17, 15) is 0 Å². The zero-order chi connectivity index (χ0) is 15.3. The minimum atomic E-state index is -0.0569. The molecule has 1 aromatic rings. The molecule has 1 saturated heterocycles. The van der Waals surface area contributed by atoms with E-state index >= 15 is 0 Å². The molecule has 0 aromatic carbocycles. The molecule has 1 unspecified atom stereocenters. The molecule has 2 rings (SSSR count). The highest BCUT2D eigenvalue weighted by Crippen LogP contribution is 2.28. The third-order valence-electron chi connectivity index (χ3n) is 3.88. The predicted octanol–water partition coefficient (Wildman–Crippen LogP) is 3.23. The average Bonchev–Trinajstić information content (AvgIpc) is 2.44. The number of rotatable bonds is 6. The van der Waals surface area contributed by atoms with Crippen molar-refractivity contribution in [3.8, 4) is 0 Å². The second kappa shape index (κ2) is 7.07. The smallest absolute Gasteiger partial charge is 0.134 e. The van der Waals surface area contributed by atoms with E-state index in [1.54, 1.807) is 6.33 Å². The normalized spacial score (nSPS) is 21.0. The third-order valence-corrected chi connectivity index (χ3v) is 3.88. The van der Waals surface area contributed by atoms with Crippen LogP contribution in [-0.4, -0.2) is 34.8 Å². The first-order chi connectivity index (χ1) is 10.1. The topological polar surface area (TPSA) is 59.1 Å². The van der Waals surface area contributed by atoms with Crippen LogP contribution in [0.4, 0.5) is 11.6 Å². The lowest BCUT2D eigenvalue weighted by Crippen LogP contribution is -2.40. The van der Waals surface area contributed by atoms with Crippen LogP contribution in [0.15, 0.2) is 6.33 Å². The molecule has 0 spiro atoms. The first-order valence-electron chi connectivity index (χ1n) is 8.04. The minimum Gasteiger partial charge on any atom is -0.375 e. The fraction of sp³-hybridized carbons (Fsp3) is 0.750. The molecule has 5 nitrogen and oxygen atoms in total. The SMILES string of the molecule is CCCNc1ncnc(NC2CCOC(C)(C)C2)c1CC. The molecular weight excluding hydrogens is 264 g/mol. The molecule has 1 aliphatic heterocycles. The summed E-state index contributed by atoms with van der Waals surface area (Å²) in [7, 11) is 0. The maximum Gasteiger partial charge on any atom is 0.134 e. The van der Waals surface area contributed by atoms with Crippen LogP contribution in [0.1, 0.15) is 52.5 Å². The van der Waals surface area contributed by atoms with E-state index in [0.717, 1.165) is 50.5 Å². The highest BCUT2D eigenvalue weighted by Gasteiger charge is 2.29. The van der Waals surface area contributed by atoms with Gasteiger partial charge in [-0.05, 0) is 39.5 Å². The largest absolute Gasteiger partial charge is 0.375 e. The van der Waals surface area contributed by atoms with Crippen LogP contribution >= 0.6 is 0 Å². The minimum absolute atomic E-state index is 0.0569. The number of hydrogen-bond donors (Lipinski definition) is 2. The summed E-state index contributed by atoms with van der Waals surface area (Å²) in [6.45, 7) is 10.3. The van der Waals surface area contributed by atoms with Gasteiger partial charge in [0.2, 0.25) is 0 Å². The van der Waals surface area contributed by atoms with Crippen LogP contribution in [0.2, 0.25) is 0 Å². The van der Waals surface area contributed by atoms with Gasteiger partial charge in [-0.25, -0.2) is 9.97 Å². The number of hydrogen-bond acceptors (Lipinski definition) is 5. The number of anilines is 2. The van der Waals surface area contributed by atoms with Crippen molar-refractivity contribution in [2.24, 2.45) is 0 Å². The van der Waals surface area contributed by atoms with Gasteiger partial charge in [0.05, 0.1) is 5.60 Å². The van der Waals surface area contributed by atoms with Crippen LogP contribution < -0.4 is 10.6 Å². The summed E-state index contributed by atoms with van der Waals surface area (Å²) in [6, 6.07) is 0.410. The highest BCUT2D eigenvalue weighted by molar-refractivity contribution is 5.57. The Morgan fingerprint density at radius 1 is 1.29 bits per heavy atom. The Morgan fingerprint density at radius 3 is 2.71 bits per heavy atom. The van der Waals surface area contributed by atoms with Gasteiger partial charge in [0.25, 0.3) is 0 Å². The quantitative estimate of drug-likeness (QED) is 0.843. The lowest BCUT2D eigenvalue weighted by Gasteiger charge is -2.36. The lowest BCUT2D eigenvalue weighted by molar-refractivity contribution is -0.0553. The molecule has 0 aliphatic carbocycles. The van der Waals surface area contributed by atoms with Crippen molar-refractivity contribution in [1.29, 1.82) is 0 Å². The monoisotopic (exact) mass is 292 g/mol. The van der Waals surface area contributed by atoms with E-state index in [0.29, 0.717) is 6.04 Å². The van der Waals surface area contributed by atoms with Crippen molar-refractivity contribution in [3.63, 3.8) is 0 Å². The second-order valence-corrected chi connectivity index (χ2v) is 6.27. The molecule has 1 atom stereocenters. The summed E-state index contributed by atoms with van der Waals surface area (Å²) < 4.78 is 5.78. The molecule has 21 heavy (non-hydrogen) atoms. The molecule has 2 heterocycles. The Labute approximate surface area is 127 Å². The molecule has 0 amide bonds. The van der Waals surface area contributed by atoms with Gasteiger partial charge in [0.15, 0.2) is 0 Å². The summed E-state index contributed by atoms with van der Waals surface area (Å²) in [6.07, 6.45) is 5.67. The fourth-order valence-corrected chi connectivity index (χ4v) is 2.82. The van der Waals surface area contributed by atoms with Crippen LogP contribution in [0.5, 0.6) is 0 Å². The Balaban J connectivity index is 2.11. The number of ether oxygens (including phenoxy) is 1. The van der Waals surface area contributed by atoms with Gasteiger partial charge in [-0.15, -0.1) is 0 Å². The van der Waals surface area contributed by atoms with Crippen LogP contribution in [-0.2, 0) is 11.2 Å². The van der Waals surface area contributed by atoms with Crippen molar-refractivity contribution in [2.45, 2.75) is 65.0 Å². The van der Waals surface area contributed by atoms with E-state index in [2.05, 4.69) is 48.3 Å². The van der Waals surface area contributed by atoms with Crippen molar-refractivity contribution >= 4 is 11.6 Å². The van der Waals surface area contributed by atoms with Crippen molar-refractivity contribution in [1.82, 2.24) is 9.97 Å². The Hall–Kier alpha value is -1.36. The molecule has 118 valence electrons. The first kappa shape index (κ1) is 16.0. The van der Waals surface area contributed by atoms with Gasteiger partial charge in [-0.3, -0.25) is 0 Å². The highest BCUT2D eigenvalue weighted by atomic mass is 16.5. The molecular formula is C16H28N4O. The van der Waals surface area contributed by atoms with Crippen molar-refractivity contribution < 1.29 is 4.74 Å². The lowest BCUT2D eigenvalue weighted by atomic mass is 9.94. The zero-order valence-corrected chi connectivity index (χ0v) is 13.7. The summed E-state index contributed by atoms with van der Waals surface area (Å²) in [5.41, 5.74) is 1.12. The molecule has 0 saturated carbocycles. The Kier molecular flexibility index (Phi) is 5.39. The van der Waals surface area contributed by atoms with Crippen LogP contribution in [0.25, 0.3) is 0 Å². The van der Waals surface area contributed by atoms with Gasteiger partial charge in [-0.2, -0.15) is 0 Å². The van der Waals surface area contributed by atoms with Gasteiger partial charge in [0.1, 0.15) is 18.0 Å². The van der Waals surface area contributed by atoms with E-state index in [-0.39, 0.29) is 5.60 Å². The van der Waals surface area contributed by atoms with E-state index < -0.39 is 0 Å². The zero-order valence-electron chi connectivity index (χ0n) is 13.7. The van der Waals surface area contributed by atoms with E-state index in [1.165, 1.54) is 5.56 Å². The average molecular weight is 292 g/mol. The molecule has 1 fully saturated rings. The molecule has 1 aromatic heterocycles. The van der Waals surface area contributed by atoms with Gasteiger partial charge in [-0.1, -0.05) is 13.8 Å². The van der Waals surface area contributed by atoms with Gasteiger partial charge < -0.3 is 15.4 Å². The second-order valence-electron chi connectivity index (χ2n) is 6.27. The summed E-state index contributed by atoms with van der Waals surface area (Å²) >= 11 is 0. The number of nitrogens with zero attached hydrogens (tertiary/aromatic N) is 2. The summed E-state index contributed by atoms with van der Waals surface area (Å²) in [5.74, 6) is 1.93. The standard InChI is InChI=1S/C16H28N4O/c1-5-8-17-14-13(6-2)15(19-11-18-14)20-12-7-9-21-16(3,4)10-12/h11-12H,5-10H2,1-4H3,(H2,17,18,19,20). The molecule has 0 bridgehead atoms. The molecule has 0 radical (unpaired) electrons. The van der Waals surface area contributed by atoms with Crippen LogP contribution in [0, 0.1) is 0 Å². The van der Waals surface area contributed by atoms with Crippen molar-refractivity contribution in [2.75, 3.05) is 23.8 Å². The summed E-state index contributed by atoms with van der Waals surface area (Å²) in [4.78, 5) is 8.84. The molecule has 1 aliphatic rings. The number of nitrogens with one attached hydrogen (secondary N) is 2. The fourth-order valence-electron chi connectivity index (χ4n) is 2.82. The maximum atomic E-state index is 5.78. The maximum absolute atomic E-state index is 5.78. The third kappa shape index (κ3) is 4.30. The molecule has 2 N–H and O–H groups in total. The van der Waals surface area contributed by atoms with Crippen LogP contribution in [0.3, 0.4) is 0 Å². The Bertz CT molecular complexity index is 462. The summed E-state index contributed by atoms with van der Waals surface area (Å²) in [5, 5.41) is 6.99. The van der Waals surface area contributed by atoms with Crippen molar-refractivity contribution in [3.05, 3.63) is 11.9 Å². The number of aromatic nitrogens is 2. The van der Waals surface area contributed by atoms with E-state index in [1.807, 2.05) is 0 Å². The predicted molar refractivity (Wildman–Crippen MR) is 86.9 cm³/mol. The van der Waals surface area contributed by atoms with E-state index in [4.69, 9.17) is 4.74 Å². The van der Waals surface area contributed by atoms with Gasteiger partial charge >= 0.3 is 0 Å². The Morgan fingerprint density at radius 2 is 2.05 bits per heavy atom.